The van der Waals surface area contributed by atoms with Crippen LogP contribution in [0.3, 0.4) is 0 Å². The molecule has 0 spiro atoms. The molecule has 0 unspecified atom stereocenters. The third-order valence-electron chi connectivity index (χ3n) is 7.87. The summed E-state index contributed by atoms with van der Waals surface area (Å²) in [6.07, 6.45) is 4.78. The van der Waals surface area contributed by atoms with Gasteiger partial charge >= 0.3 is 6.03 Å². The van der Waals surface area contributed by atoms with Crippen molar-refractivity contribution in [1.82, 2.24) is 30.2 Å². The van der Waals surface area contributed by atoms with Crippen molar-refractivity contribution in [2.45, 2.75) is 32.7 Å². The second-order valence-corrected chi connectivity index (χ2v) is 10.5. The summed E-state index contributed by atoms with van der Waals surface area (Å²) in [4.78, 5) is 27.9. The number of nitrogens with one attached hydrogen (secondary N) is 2. The van der Waals surface area contributed by atoms with Gasteiger partial charge in [0.15, 0.2) is 0 Å². The first-order chi connectivity index (χ1) is 18.9. The maximum atomic E-state index is 12.2. The minimum absolute atomic E-state index is 0.0346. The molecule has 2 aromatic carbocycles. The molecule has 6 rings (SSSR count). The Labute approximate surface area is 231 Å². The smallest absolute Gasteiger partial charge is 0.321 e. The van der Waals surface area contributed by atoms with Crippen LogP contribution in [0.1, 0.15) is 30.1 Å². The van der Waals surface area contributed by atoms with Gasteiger partial charge in [-0.1, -0.05) is 30.3 Å². The molecule has 2 saturated heterocycles. The average Bonchev–Trinajstić information content (AvgIpc) is 3.68. The van der Waals surface area contributed by atoms with Crippen molar-refractivity contribution < 1.29 is 9.59 Å². The van der Waals surface area contributed by atoms with E-state index in [1.807, 2.05) is 48.4 Å². The topological polar surface area (TPSA) is 99.1 Å². The maximum absolute atomic E-state index is 12.2. The molecule has 2 aliphatic rings. The van der Waals surface area contributed by atoms with Crippen LogP contribution in [0.2, 0.25) is 5.02 Å². The minimum Gasteiger partial charge on any atom is -0.339 e. The Kier molecular flexibility index (Phi) is 6.38. The van der Waals surface area contributed by atoms with E-state index in [2.05, 4.69) is 33.7 Å². The zero-order chi connectivity index (χ0) is 27.3. The van der Waals surface area contributed by atoms with Crippen LogP contribution in [-0.4, -0.2) is 63.0 Å². The fourth-order valence-corrected chi connectivity index (χ4v) is 6.05. The molecule has 10 heteroatoms. The number of likely N-dealkylation sites (tertiary alicyclic amines) is 1. The summed E-state index contributed by atoms with van der Waals surface area (Å²) in [7, 11) is 0. The molecule has 2 aliphatic heterocycles. The molecular weight excluding hydrogens is 514 g/mol. The number of hydrogen-bond acceptors (Lipinski definition) is 4. The molecule has 39 heavy (non-hydrogen) atoms. The highest BCUT2D eigenvalue weighted by Crippen LogP contribution is 2.44. The van der Waals surface area contributed by atoms with E-state index in [0.29, 0.717) is 31.2 Å². The Morgan fingerprint density at radius 3 is 2.54 bits per heavy atom. The average molecular weight is 544 g/mol. The summed E-state index contributed by atoms with van der Waals surface area (Å²) < 4.78 is 2.10. The van der Waals surface area contributed by atoms with Crippen LogP contribution in [0.5, 0.6) is 0 Å². The molecule has 0 bridgehead atoms. The molecule has 2 fully saturated rings. The Bertz CT molecular complexity index is 1600. The number of aryl methyl sites for hydroxylation is 1. The lowest BCUT2D eigenvalue weighted by atomic mass is 9.94. The van der Waals surface area contributed by atoms with Crippen LogP contribution < -0.4 is 10.2 Å². The largest absolute Gasteiger partial charge is 0.339 e. The van der Waals surface area contributed by atoms with E-state index in [0.717, 1.165) is 63.1 Å². The van der Waals surface area contributed by atoms with Crippen LogP contribution in [0.25, 0.3) is 33.3 Å². The molecule has 0 radical (unpaired) electrons. The van der Waals surface area contributed by atoms with Crippen LogP contribution >= 0.6 is 11.6 Å². The maximum Gasteiger partial charge on any atom is 0.321 e. The van der Waals surface area contributed by atoms with Crippen LogP contribution in [0, 0.1) is 13.8 Å². The van der Waals surface area contributed by atoms with E-state index in [1.165, 1.54) is 6.08 Å². The van der Waals surface area contributed by atoms with Crippen LogP contribution in [-0.2, 0) is 4.79 Å². The number of rotatable bonds is 5. The molecule has 4 heterocycles. The Balaban J connectivity index is 1.47. The van der Waals surface area contributed by atoms with Gasteiger partial charge in [0.1, 0.15) is 5.69 Å². The van der Waals surface area contributed by atoms with E-state index in [4.69, 9.17) is 16.7 Å². The van der Waals surface area contributed by atoms with E-state index in [1.54, 1.807) is 4.90 Å². The first-order valence-electron chi connectivity index (χ1n) is 13.2. The summed E-state index contributed by atoms with van der Waals surface area (Å²) in [5, 5.41) is 17.0. The van der Waals surface area contributed by atoms with Gasteiger partial charge in [-0.2, -0.15) is 10.2 Å². The van der Waals surface area contributed by atoms with Gasteiger partial charge in [0.05, 0.1) is 22.8 Å². The van der Waals surface area contributed by atoms with Crippen molar-refractivity contribution in [3.8, 4) is 22.4 Å². The number of piperidine rings is 1. The van der Waals surface area contributed by atoms with E-state index in [9.17, 15) is 9.59 Å². The number of carbonyl (C=O) groups excluding carboxylic acids is 2. The van der Waals surface area contributed by atoms with Crippen molar-refractivity contribution in [3.63, 3.8) is 0 Å². The normalized spacial score (nSPS) is 16.2. The van der Waals surface area contributed by atoms with E-state index in [-0.39, 0.29) is 18.0 Å². The molecule has 4 aromatic rings. The number of halogens is 1. The van der Waals surface area contributed by atoms with Gasteiger partial charge in [-0.05, 0) is 56.5 Å². The third kappa shape index (κ3) is 4.27. The lowest BCUT2D eigenvalue weighted by Gasteiger charge is -2.32. The first-order valence-corrected chi connectivity index (χ1v) is 13.5. The van der Waals surface area contributed by atoms with Gasteiger partial charge in [-0.25, -0.2) is 4.79 Å². The molecule has 0 atom stereocenters. The number of carbonyl (C=O) groups is 2. The van der Waals surface area contributed by atoms with Crippen molar-refractivity contribution >= 4 is 40.1 Å². The third-order valence-corrected chi connectivity index (χ3v) is 8.36. The fraction of sp³-hybridized carbons (Fsp3) is 0.310. The van der Waals surface area contributed by atoms with Crippen LogP contribution in [0.4, 0.5) is 10.5 Å². The monoisotopic (exact) mass is 543 g/mol. The molecule has 3 amide bonds. The zero-order valence-electron chi connectivity index (χ0n) is 22.0. The van der Waals surface area contributed by atoms with Crippen molar-refractivity contribution in [1.29, 1.82) is 0 Å². The summed E-state index contributed by atoms with van der Waals surface area (Å²) in [6, 6.07) is 10.0. The number of fused-ring (bicyclic) bond motifs is 1. The Hall–Kier alpha value is -4.11. The number of aromatic nitrogens is 4. The zero-order valence-corrected chi connectivity index (χ0v) is 22.8. The Morgan fingerprint density at radius 1 is 1.13 bits per heavy atom. The van der Waals surface area contributed by atoms with Crippen LogP contribution in [0.15, 0.2) is 49.2 Å². The SMILES string of the molecule is C=CC(=O)N1CCC(n2nc(-c3ccc(N4CCNC4=O)cc3)c(-c3c(Cl)c(C)cc4[nH]ncc34)c2C)CC1. The summed E-state index contributed by atoms with van der Waals surface area (Å²) in [5.41, 5.74) is 7.35. The van der Waals surface area contributed by atoms with Gasteiger partial charge < -0.3 is 10.2 Å². The number of urea groups is 1. The molecule has 2 N–H and O–H groups in total. The van der Waals surface area contributed by atoms with Gasteiger partial charge in [-0.3, -0.25) is 19.5 Å². The number of anilines is 1. The highest BCUT2D eigenvalue weighted by molar-refractivity contribution is 6.36. The number of aromatic amines is 1. The van der Waals surface area contributed by atoms with Crippen molar-refractivity contribution in [2.24, 2.45) is 0 Å². The molecule has 0 saturated carbocycles. The van der Waals surface area contributed by atoms with Gasteiger partial charge in [0, 0.05) is 59.6 Å². The van der Waals surface area contributed by atoms with Gasteiger partial charge in [0.25, 0.3) is 0 Å². The standard InChI is InChI=1S/C29H30ClN7O2/c1-4-24(38)35-12-9-21(10-13-35)37-18(3)25(26-22-16-32-33-23(22)15-17(2)27(26)30)28(34-37)19-5-7-20(8-6-19)36-14-11-31-29(36)39/h4-8,15-16,21H,1,9-14H2,2-3H3,(H,31,39)(H,32,33). The van der Waals surface area contributed by atoms with Gasteiger partial charge in [-0.15, -0.1) is 0 Å². The second kappa shape index (κ2) is 9.89. The summed E-state index contributed by atoms with van der Waals surface area (Å²) in [5.74, 6) is -0.0346. The number of amides is 3. The number of benzene rings is 2. The lowest BCUT2D eigenvalue weighted by molar-refractivity contribution is -0.127. The Morgan fingerprint density at radius 2 is 1.87 bits per heavy atom. The quantitative estimate of drug-likeness (QED) is 0.336. The fourth-order valence-electron chi connectivity index (χ4n) is 5.80. The highest BCUT2D eigenvalue weighted by atomic mass is 35.5. The highest BCUT2D eigenvalue weighted by Gasteiger charge is 2.29. The molecule has 0 aliphatic carbocycles. The molecule has 2 aromatic heterocycles. The van der Waals surface area contributed by atoms with E-state index < -0.39 is 0 Å². The first kappa shape index (κ1) is 25.2. The number of hydrogen-bond donors (Lipinski definition) is 2. The van der Waals surface area contributed by atoms with Crippen molar-refractivity contribution in [2.75, 3.05) is 31.1 Å². The number of nitrogens with zero attached hydrogens (tertiary/aromatic N) is 5. The lowest BCUT2D eigenvalue weighted by Crippen LogP contribution is -2.38. The molecule has 9 nitrogen and oxygen atoms in total. The minimum atomic E-state index is -0.0845. The van der Waals surface area contributed by atoms with Crippen molar-refractivity contribution in [3.05, 3.63) is 65.5 Å². The number of H-pyrrole nitrogens is 1. The van der Waals surface area contributed by atoms with Gasteiger partial charge in [0.2, 0.25) is 5.91 Å². The predicted octanol–water partition coefficient (Wildman–Crippen LogP) is 5.24. The molecular formula is C29H30ClN7O2. The summed E-state index contributed by atoms with van der Waals surface area (Å²) >= 11 is 7.00. The second-order valence-electron chi connectivity index (χ2n) is 10.2. The summed E-state index contributed by atoms with van der Waals surface area (Å²) in [6.45, 7) is 10.3. The predicted molar refractivity (Wildman–Crippen MR) is 153 cm³/mol. The molecule has 200 valence electrons. The van der Waals surface area contributed by atoms with E-state index >= 15 is 0 Å².